The monoisotopic (exact) mass is 414 g/mol. The van der Waals surface area contributed by atoms with Crippen LogP contribution in [0.15, 0.2) is 89.2 Å². The fraction of sp³-hybridized carbons (Fsp3) is 0.250. The largest absolute Gasteiger partial charge is 0.356 e. The van der Waals surface area contributed by atoms with Crippen molar-refractivity contribution in [2.45, 2.75) is 18.9 Å². The van der Waals surface area contributed by atoms with Crippen LogP contribution in [0.5, 0.6) is 0 Å². The van der Waals surface area contributed by atoms with Crippen molar-refractivity contribution < 1.29 is 4.79 Å². The maximum atomic E-state index is 12.7. The minimum atomic E-state index is -0.102. The number of rotatable bonds is 5. The van der Waals surface area contributed by atoms with Gasteiger partial charge in [0.2, 0.25) is 0 Å². The molecule has 0 radical (unpaired) electrons. The molecule has 2 heterocycles. The summed E-state index contributed by atoms with van der Waals surface area (Å²) in [7, 11) is 1.86. The normalized spacial score (nSPS) is 14.5. The van der Waals surface area contributed by atoms with Gasteiger partial charge in [-0.2, -0.15) is 10.2 Å². The maximum absolute atomic E-state index is 12.7. The molecule has 1 fully saturated rings. The number of urea groups is 1. The number of nitrogens with one attached hydrogen (secondary N) is 1. The zero-order chi connectivity index (χ0) is 21.5. The minimum Gasteiger partial charge on any atom is -0.356 e. The molecule has 2 aromatic carbocycles. The van der Waals surface area contributed by atoms with Gasteiger partial charge < -0.3 is 15.1 Å². The fourth-order valence-corrected chi connectivity index (χ4v) is 3.62. The van der Waals surface area contributed by atoms with Gasteiger partial charge in [-0.25, -0.2) is 9.78 Å². The molecule has 31 heavy (non-hydrogen) atoms. The average molecular weight is 415 g/mol. The molecule has 0 aliphatic carbocycles. The molecule has 1 saturated heterocycles. The molecule has 0 spiro atoms. The molecule has 1 N–H and O–H groups in total. The number of amides is 2. The lowest BCUT2D eigenvalue weighted by atomic mass is 10.0. The molecule has 0 atom stereocenters. The van der Waals surface area contributed by atoms with E-state index in [2.05, 4.69) is 25.4 Å². The van der Waals surface area contributed by atoms with Crippen molar-refractivity contribution in [3.63, 3.8) is 0 Å². The lowest BCUT2D eigenvalue weighted by molar-refractivity contribution is 0.193. The minimum absolute atomic E-state index is 0.102. The summed E-state index contributed by atoms with van der Waals surface area (Å²) in [5.74, 6) is 0.998. The molecule has 0 unspecified atom stereocenters. The van der Waals surface area contributed by atoms with E-state index in [1.165, 1.54) is 0 Å². The molecule has 158 valence electrons. The van der Waals surface area contributed by atoms with Crippen molar-refractivity contribution in [3.05, 3.63) is 79.0 Å². The number of carbonyl (C=O) groups is 1. The van der Waals surface area contributed by atoms with Gasteiger partial charge in [0.05, 0.1) is 11.4 Å². The molecular weight excluding hydrogens is 388 g/mol. The molecular formula is C24H26N6O. The summed E-state index contributed by atoms with van der Waals surface area (Å²) in [5, 5.41) is 11.4. The Balaban J connectivity index is 1.28. The van der Waals surface area contributed by atoms with Crippen molar-refractivity contribution in [1.82, 2.24) is 9.88 Å². The molecule has 1 aliphatic heterocycles. The first-order chi connectivity index (χ1) is 15.2. The van der Waals surface area contributed by atoms with Gasteiger partial charge in [0, 0.05) is 38.1 Å². The summed E-state index contributed by atoms with van der Waals surface area (Å²) in [6.45, 7) is 1.78. The van der Waals surface area contributed by atoms with Crippen molar-refractivity contribution in [2.24, 2.45) is 10.2 Å². The Kier molecular flexibility index (Phi) is 6.52. The van der Waals surface area contributed by atoms with Crippen LogP contribution in [0.2, 0.25) is 0 Å². The number of nitrogens with zero attached hydrogens (tertiary/aromatic N) is 5. The first-order valence-electron chi connectivity index (χ1n) is 10.5. The van der Waals surface area contributed by atoms with Crippen molar-refractivity contribution >= 4 is 28.9 Å². The van der Waals surface area contributed by atoms with Crippen molar-refractivity contribution in [2.75, 3.05) is 30.4 Å². The lowest BCUT2D eigenvalue weighted by Crippen LogP contribution is -2.47. The van der Waals surface area contributed by atoms with Crippen LogP contribution in [0.25, 0.3) is 0 Å². The predicted molar refractivity (Wildman–Crippen MR) is 123 cm³/mol. The van der Waals surface area contributed by atoms with E-state index in [4.69, 9.17) is 0 Å². The Labute approximate surface area is 182 Å². The van der Waals surface area contributed by atoms with Gasteiger partial charge in [-0.3, -0.25) is 0 Å². The summed E-state index contributed by atoms with van der Waals surface area (Å²) in [6.07, 6.45) is 3.65. The Bertz CT molecular complexity index is 999. The number of benzene rings is 2. The second-order valence-electron chi connectivity index (χ2n) is 7.53. The predicted octanol–water partition coefficient (Wildman–Crippen LogP) is 5.63. The average Bonchev–Trinajstić information content (AvgIpc) is 2.84. The second kappa shape index (κ2) is 9.84. The van der Waals surface area contributed by atoms with E-state index in [1.54, 1.807) is 4.90 Å². The van der Waals surface area contributed by atoms with Crippen molar-refractivity contribution in [1.29, 1.82) is 0 Å². The van der Waals surface area contributed by atoms with Crippen LogP contribution in [0.3, 0.4) is 0 Å². The van der Waals surface area contributed by atoms with Gasteiger partial charge in [-0.05, 0) is 61.4 Å². The van der Waals surface area contributed by atoms with E-state index >= 15 is 0 Å². The fourth-order valence-electron chi connectivity index (χ4n) is 3.62. The first-order valence-corrected chi connectivity index (χ1v) is 10.5. The summed E-state index contributed by atoms with van der Waals surface area (Å²) in [6, 6.07) is 23.0. The number of azo groups is 1. The number of piperidine rings is 1. The maximum Gasteiger partial charge on any atom is 0.321 e. The van der Waals surface area contributed by atoms with Gasteiger partial charge in [0.15, 0.2) is 0 Å². The summed E-state index contributed by atoms with van der Waals surface area (Å²) in [4.78, 5) is 21.2. The van der Waals surface area contributed by atoms with E-state index < -0.39 is 0 Å². The topological polar surface area (TPSA) is 73.2 Å². The zero-order valence-electron chi connectivity index (χ0n) is 17.6. The van der Waals surface area contributed by atoms with Crippen LogP contribution in [-0.4, -0.2) is 42.1 Å². The van der Waals surface area contributed by atoms with E-state index in [-0.39, 0.29) is 12.1 Å². The molecule has 0 bridgehead atoms. The highest BCUT2D eigenvalue weighted by Gasteiger charge is 2.25. The van der Waals surface area contributed by atoms with E-state index in [1.807, 2.05) is 86.0 Å². The Morgan fingerprint density at radius 3 is 2.23 bits per heavy atom. The summed E-state index contributed by atoms with van der Waals surface area (Å²) < 4.78 is 0. The number of pyridine rings is 1. The molecule has 2 amide bonds. The van der Waals surface area contributed by atoms with Gasteiger partial charge in [0.25, 0.3) is 0 Å². The molecule has 1 aliphatic rings. The van der Waals surface area contributed by atoms with Crippen LogP contribution < -0.4 is 10.2 Å². The standard InChI is InChI=1S/C24H26N6O/c1-29(22-14-17-30(18-15-22)23-9-5-6-16-25-23)24(31)26-19-10-12-21(13-11-19)28-27-20-7-3-2-4-8-20/h2-13,16,22H,14-15,17-18H2,1H3,(H,26,31). The van der Waals surface area contributed by atoms with Crippen molar-refractivity contribution in [3.8, 4) is 0 Å². The quantitative estimate of drug-likeness (QED) is 0.550. The van der Waals surface area contributed by atoms with E-state index in [0.717, 1.165) is 48.8 Å². The SMILES string of the molecule is CN(C(=O)Nc1ccc(N=Nc2ccccc2)cc1)C1CCN(c2ccccn2)CC1. The zero-order valence-corrected chi connectivity index (χ0v) is 17.6. The van der Waals surface area contributed by atoms with E-state index in [9.17, 15) is 4.79 Å². The molecule has 7 nitrogen and oxygen atoms in total. The number of carbonyl (C=O) groups excluding carboxylic acids is 1. The number of aromatic nitrogens is 1. The smallest absolute Gasteiger partial charge is 0.321 e. The summed E-state index contributed by atoms with van der Waals surface area (Å²) in [5.41, 5.74) is 2.27. The molecule has 0 saturated carbocycles. The Hall–Kier alpha value is -3.74. The van der Waals surface area contributed by atoms with Gasteiger partial charge in [-0.15, -0.1) is 0 Å². The van der Waals surface area contributed by atoms with Crippen LogP contribution in [-0.2, 0) is 0 Å². The molecule has 4 rings (SSSR count). The van der Waals surface area contributed by atoms with Crippen LogP contribution >= 0.6 is 0 Å². The highest BCUT2D eigenvalue weighted by atomic mass is 16.2. The molecule has 7 heteroatoms. The van der Waals surface area contributed by atoms with Crippen LogP contribution in [0.4, 0.5) is 27.7 Å². The Morgan fingerprint density at radius 2 is 1.58 bits per heavy atom. The third kappa shape index (κ3) is 5.45. The number of hydrogen-bond acceptors (Lipinski definition) is 5. The van der Waals surface area contributed by atoms with Gasteiger partial charge in [0.1, 0.15) is 5.82 Å². The third-order valence-corrected chi connectivity index (χ3v) is 5.46. The first kappa shape index (κ1) is 20.5. The lowest BCUT2D eigenvalue weighted by Gasteiger charge is -2.37. The third-order valence-electron chi connectivity index (χ3n) is 5.46. The van der Waals surface area contributed by atoms with Crippen LogP contribution in [0.1, 0.15) is 12.8 Å². The van der Waals surface area contributed by atoms with Crippen LogP contribution in [0, 0.1) is 0 Å². The van der Waals surface area contributed by atoms with E-state index in [0.29, 0.717) is 0 Å². The Morgan fingerprint density at radius 1 is 0.935 bits per heavy atom. The molecule has 1 aromatic heterocycles. The number of anilines is 2. The highest BCUT2D eigenvalue weighted by Crippen LogP contribution is 2.22. The van der Waals surface area contributed by atoms with Gasteiger partial charge >= 0.3 is 6.03 Å². The number of hydrogen-bond donors (Lipinski definition) is 1. The van der Waals surface area contributed by atoms with Gasteiger partial charge in [-0.1, -0.05) is 24.3 Å². The molecule has 3 aromatic rings. The second-order valence-corrected chi connectivity index (χ2v) is 7.53. The highest BCUT2D eigenvalue weighted by molar-refractivity contribution is 5.89. The summed E-state index contributed by atoms with van der Waals surface area (Å²) >= 11 is 0.